The van der Waals surface area contributed by atoms with Crippen molar-refractivity contribution in [3.05, 3.63) is 59.9 Å². The van der Waals surface area contributed by atoms with Crippen molar-refractivity contribution in [1.82, 2.24) is 19.5 Å². The molecule has 0 spiro atoms. The summed E-state index contributed by atoms with van der Waals surface area (Å²) in [7, 11) is 0. The maximum Gasteiger partial charge on any atom is 0.209 e. The summed E-state index contributed by atoms with van der Waals surface area (Å²) in [6.07, 6.45) is 5.85. The highest BCUT2D eigenvalue weighted by Crippen LogP contribution is 2.35. The Morgan fingerprint density at radius 3 is 2.55 bits per heavy atom. The Kier molecular flexibility index (Phi) is 10.3. The van der Waals surface area contributed by atoms with Gasteiger partial charge in [0.1, 0.15) is 28.9 Å². The summed E-state index contributed by atoms with van der Waals surface area (Å²) in [6, 6.07) is 6.63. The zero-order valence-electron chi connectivity index (χ0n) is 26.1. The molecule has 1 amide bonds. The molecule has 3 aromatic heterocycles. The fourth-order valence-electron chi connectivity index (χ4n) is 4.94. The largest absolute Gasteiger partial charge is 0.479 e. The number of nitrogens with zero attached hydrogens (tertiary/aromatic N) is 6. The fraction of sp³-hybridized carbons (Fsp3) is 0.516. The Labute approximate surface area is 256 Å². The third kappa shape index (κ3) is 8.80. The van der Waals surface area contributed by atoms with Crippen molar-refractivity contribution < 1.29 is 28.5 Å². The molecule has 2 aliphatic heterocycles. The summed E-state index contributed by atoms with van der Waals surface area (Å²) in [6.45, 7) is 12.4. The Hall–Kier alpha value is -3.94. The monoisotopic (exact) mass is 611 g/mol. The zero-order valence-corrected chi connectivity index (χ0v) is 26.1. The van der Waals surface area contributed by atoms with E-state index in [2.05, 4.69) is 15.2 Å². The van der Waals surface area contributed by atoms with Crippen LogP contribution in [0.4, 0.5) is 4.39 Å². The average molecular weight is 612 g/mol. The highest BCUT2D eigenvalue weighted by atomic mass is 19.1. The molecule has 2 unspecified atom stereocenters. The molecule has 238 valence electrons. The van der Waals surface area contributed by atoms with Gasteiger partial charge in [0.15, 0.2) is 11.9 Å². The lowest BCUT2D eigenvalue weighted by Crippen LogP contribution is -2.34. The Balaban J connectivity index is 0.000000818. The number of hydrogen-bond acceptors (Lipinski definition) is 10. The molecular weight excluding hydrogens is 569 g/mol. The number of hydrazone groups is 1. The molecule has 12 nitrogen and oxygen atoms in total. The normalized spacial score (nSPS) is 20.3. The summed E-state index contributed by atoms with van der Waals surface area (Å²) >= 11 is 0. The number of ether oxygens (including phenoxy) is 3. The molecule has 0 radical (unpaired) electrons. The number of aliphatic hydroxyl groups is 1. The van der Waals surface area contributed by atoms with Crippen LogP contribution in [-0.4, -0.2) is 85.7 Å². The third-order valence-electron chi connectivity index (χ3n) is 6.90. The number of amides is 1. The molecule has 13 heteroatoms. The number of pyridine rings is 2. The lowest BCUT2D eigenvalue weighted by molar-refractivity contribution is -0.149. The second kappa shape index (κ2) is 13.8. The number of hydrogen-bond donors (Lipinski definition) is 2. The van der Waals surface area contributed by atoms with Gasteiger partial charge in [0.2, 0.25) is 6.41 Å². The van der Waals surface area contributed by atoms with E-state index >= 15 is 0 Å². The van der Waals surface area contributed by atoms with Crippen LogP contribution in [-0.2, 0) is 14.3 Å². The van der Waals surface area contributed by atoms with E-state index in [0.29, 0.717) is 47.0 Å². The highest BCUT2D eigenvalue weighted by Gasteiger charge is 2.40. The molecule has 0 aromatic carbocycles. The first-order valence-electron chi connectivity index (χ1n) is 14.6. The molecule has 3 N–H and O–H groups in total. The minimum atomic E-state index is -0.797. The number of likely N-dealkylation sites (tertiary alicyclic amines) is 1. The number of aliphatic imine (C=N–C) groups is 1. The summed E-state index contributed by atoms with van der Waals surface area (Å²) < 4.78 is 33.8. The molecule has 0 aliphatic carbocycles. The number of halogens is 1. The van der Waals surface area contributed by atoms with Crippen molar-refractivity contribution in [2.75, 3.05) is 19.7 Å². The van der Waals surface area contributed by atoms with E-state index in [9.17, 15) is 9.18 Å². The van der Waals surface area contributed by atoms with Crippen molar-refractivity contribution in [3.8, 4) is 5.75 Å². The molecule has 2 aliphatic rings. The number of aromatic nitrogens is 3. The van der Waals surface area contributed by atoms with Crippen molar-refractivity contribution in [2.45, 2.75) is 84.0 Å². The first-order valence-corrected chi connectivity index (χ1v) is 14.6. The van der Waals surface area contributed by atoms with Gasteiger partial charge in [0.05, 0.1) is 42.0 Å². The molecule has 2 atom stereocenters. The van der Waals surface area contributed by atoms with Gasteiger partial charge >= 0.3 is 0 Å². The predicted molar refractivity (Wildman–Crippen MR) is 164 cm³/mol. The van der Waals surface area contributed by atoms with E-state index in [4.69, 9.17) is 30.2 Å². The average Bonchev–Trinajstić information content (AvgIpc) is 3.58. The van der Waals surface area contributed by atoms with Gasteiger partial charge in [0, 0.05) is 24.8 Å². The van der Waals surface area contributed by atoms with Crippen LogP contribution in [0, 0.1) is 5.82 Å². The first kappa shape index (κ1) is 33.0. The maximum atomic E-state index is 13.7. The Morgan fingerprint density at radius 1 is 1.27 bits per heavy atom. The third-order valence-corrected chi connectivity index (χ3v) is 6.90. The second-order valence-corrected chi connectivity index (χ2v) is 12.3. The van der Waals surface area contributed by atoms with E-state index < -0.39 is 29.4 Å². The Bertz CT molecular complexity index is 1470. The number of fused-ring (bicyclic) bond motifs is 1. The van der Waals surface area contributed by atoms with Gasteiger partial charge in [-0.15, -0.1) is 0 Å². The number of carbonyl (C=O) groups excluding carboxylic acids is 1. The van der Waals surface area contributed by atoms with Crippen molar-refractivity contribution >= 4 is 23.4 Å². The SMILES string of the molecule is CC(=NC1CCN(C=O)CC1)/C(=N\N)c1cc(OC(c2ccc(F)cn2)C2COC(C)(C)O2)c2ccnn2c1.CC(C)(C)O. The van der Waals surface area contributed by atoms with Crippen molar-refractivity contribution in [1.29, 1.82) is 0 Å². The number of nitrogens with two attached hydrogens (primary N) is 1. The van der Waals surface area contributed by atoms with Crippen molar-refractivity contribution in [2.24, 2.45) is 15.9 Å². The van der Waals surface area contributed by atoms with Crippen LogP contribution < -0.4 is 10.6 Å². The number of piperidine rings is 1. The molecule has 3 aromatic rings. The van der Waals surface area contributed by atoms with Gasteiger partial charge in [-0.1, -0.05) is 0 Å². The van der Waals surface area contributed by atoms with Crippen LogP contribution in [0.1, 0.15) is 71.7 Å². The summed E-state index contributed by atoms with van der Waals surface area (Å²) in [5.74, 6) is 5.10. The molecule has 0 bridgehead atoms. The van der Waals surface area contributed by atoms with Crippen LogP contribution >= 0.6 is 0 Å². The van der Waals surface area contributed by atoms with Crippen molar-refractivity contribution in [3.63, 3.8) is 0 Å². The van der Waals surface area contributed by atoms with E-state index in [-0.39, 0.29) is 12.6 Å². The molecule has 2 fully saturated rings. The summed E-state index contributed by atoms with van der Waals surface area (Å²) in [4.78, 5) is 21.9. The van der Waals surface area contributed by atoms with Gasteiger partial charge in [0.25, 0.3) is 0 Å². The van der Waals surface area contributed by atoms with E-state index in [0.717, 1.165) is 25.4 Å². The quantitative estimate of drug-likeness (QED) is 0.170. The molecule has 0 saturated carbocycles. The zero-order chi connectivity index (χ0) is 32.1. The lowest BCUT2D eigenvalue weighted by Gasteiger charge is -2.27. The van der Waals surface area contributed by atoms with E-state index in [1.54, 1.807) is 42.4 Å². The van der Waals surface area contributed by atoms with Crippen LogP contribution in [0.2, 0.25) is 0 Å². The number of carbonyl (C=O) groups is 1. The van der Waals surface area contributed by atoms with Crippen LogP contribution in [0.25, 0.3) is 5.52 Å². The minimum Gasteiger partial charge on any atom is -0.479 e. The van der Waals surface area contributed by atoms with Crippen LogP contribution in [0.5, 0.6) is 5.75 Å². The van der Waals surface area contributed by atoms with Crippen LogP contribution in [0.15, 0.2) is 52.9 Å². The van der Waals surface area contributed by atoms with Gasteiger partial charge in [-0.3, -0.25) is 14.8 Å². The fourth-order valence-corrected chi connectivity index (χ4v) is 4.94. The molecule has 5 rings (SSSR count). The molecule has 44 heavy (non-hydrogen) atoms. The summed E-state index contributed by atoms with van der Waals surface area (Å²) in [5.41, 5.74) is 2.53. The van der Waals surface area contributed by atoms with E-state index in [1.807, 2.05) is 39.1 Å². The van der Waals surface area contributed by atoms with Gasteiger partial charge < -0.3 is 30.1 Å². The standard InChI is InChI=1S/C27H32FN7O4.C4H10O/c1-17(32-20-7-10-34(16-36)11-8-20)25(33-29)18-12-23(22-6-9-31-35(22)14-18)38-26(21-5-4-19(28)13-30-21)24-15-37-27(2,3)39-24;1-4(2,3)5/h4-6,9,12-14,16,20,24,26H,7-8,10-11,15,29H2,1-3H3;5H,1-3H3/b32-17?,33-25+;. The topological polar surface area (TPSA) is 149 Å². The first-order chi connectivity index (χ1) is 20.8. The molecule has 5 heterocycles. The smallest absolute Gasteiger partial charge is 0.209 e. The van der Waals surface area contributed by atoms with Gasteiger partial charge in [-0.05, 0) is 78.6 Å². The molecule has 2 saturated heterocycles. The van der Waals surface area contributed by atoms with Gasteiger partial charge in [-0.25, -0.2) is 8.91 Å². The maximum absolute atomic E-state index is 13.7. The van der Waals surface area contributed by atoms with Crippen LogP contribution in [0.3, 0.4) is 0 Å². The number of rotatable bonds is 8. The van der Waals surface area contributed by atoms with E-state index in [1.165, 1.54) is 6.07 Å². The Morgan fingerprint density at radius 2 is 1.98 bits per heavy atom. The summed E-state index contributed by atoms with van der Waals surface area (Å²) in [5, 5.41) is 17.0. The molecular formula is C31H42FN7O5. The minimum absolute atomic E-state index is 0.0684. The predicted octanol–water partition coefficient (Wildman–Crippen LogP) is 3.66. The lowest BCUT2D eigenvalue weighted by atomic mass is 10.0. The van der Waals surface area contributed by atoms with Gasteiger partial charge in [-0.2, -0.15) is 10.2 Å². The second-order valence-electron chi connectivity index (χ2n) is 12.3. The highest BCUT2D eigenvalue weighted by molar-refractivity contribution is 6.47.